The highest BCUT2D eigenvalue weighted by molar-refractivity contribution is 5.38. The quantitative estimate of drug-likeness (QED) is 0.682. The summed E-state index contributed by atoms with van der Waals surface area (Å²) in [6, 6.07) is 0. The Bertz CT molecular complexity index is 488. The Morgan fingerprint density at radius 2 is 1.85 bits per heavy atom. The van der Waals surface area contributed by atoms with Gasteiger partial charge in [0.05, 0.1) is 6.10 Å². The van der Waals surface area contributed by atoms with Crippen LogP contribution in [0.1, 0.15) is 65.2 Å². The van der Waals surface area contributed by atoms with Crippen molar-refractivity contribution in [2.24, 2.45) is 22.7 Å². The standard InChI is InChI=1S/C19H28O/c1-18-9-3-4-16(18)15-6-5-13-12-14(20)7-11-19(13,2)17(15)8-10-18/h5-6,14,16-17,20H,3-4,7-12H2,1-2H3/t14-,16-,17-,18-,19-/m0/s1. The zero-order chi connectivity index (χ0) is 14.0. The Balaban J connectivity index is 1.74. The molecule has 0 amide bonds. The summed E-state index contributed by atoms with van der Waals surface area (Å²) in [5.74, 6) is 1.62. The lowest BCUT2D eigenvalue weighted by atomic mass is 9.51. The smallest absolute Gasteiger partial charge is 0.0578 e. The SMILES string of the molecule is C[C@@]12CCC[C@H]1C1=CC=C3C[C@@H](O)CC[C@]3(C)[C@H]1CC2. The van der Waals surface area contributed by atoms with Crippen molar-refractivity contribution in [2.45, 2.75) is 71.3 Å². The van der Waals surface area contributed by atoms with Crippen molar-refractivity contribution in [3.8, 4) is 0 Å². The molecule has 1 nitrogen and oxygen atoms in total. The summed E-state index contributed by atoms with van der Waals surface area (Å²) < 4.78 is 0. The molecule has 0 aromatic heterocycles. The number of aliphatic hydroxyl groups is 1. The largest absolute Gasteiger partial charge is 0.393 e. The maximum absolute atomic E-state index is 9.99. The van der Waals surface area contributed by atoms with E-state index in [1.165, 1.54) is 44.1 Å². The third kappa shape index (κ3) is 1.65. The Morgan fingerprint density at radius 3 is 2.70 bits per heavy atom. The van der Waals surface area contributed by atoms with Gasteiger partial charge in [0.25, 0.3) is 0 Å². The molecule has 110 valence electrons. The Morgan fingerprint density at radius 1 is 1.00 bits per heavy atom. The van der Waals surface area contributed by atoms with Gasteiger partial charge in [-0.1, -0.05) is 43.6 Å². The molecule has 4 aliphatic carbocycles. The molecule has 0 aliphatic heterocycles. The molecule has 0 aromatic carbocycles. The molecule has 0 saturated heterocycles. The highest BCUT2D eigenvalue weighted by Gasteiger charge is 2.52. The van der Waals surface area contributed by atoms with Gasteiger partial charge in [0.1, 0.15) is 0 Å². The van der Waals surface area contributed by atoms with E-state index in [0.717, 1.165) is 24.7 Å². The molecule has 0 bridgehead atoms. The Labute approximate surface area is 123 Å². The van der Waals surface area contributed by atoms with E-state index in [1.807, 2.05) is 0 Å². The monoisotopic (exact) mass is 272 g/mol. The molecule has 20 heavy (non-hydrogen) atoms. The summed E-state index contributed by atoms with van der Waals surface area (Å²) in [4.78, 5) is 0. The van der Waals surface area contributed by atoms with Gasteiger partial charge in [0, 0.05) is 0 Å². The molecule has 1 heteroatoms. The average Bonchev–Trinajstić information content (AvgIpc) is 2.81. The molecule has 5 atom stereocenters. The Kier molecular flexibility index (Phi) is 2.77. The van der Waals surface area contributed by atoms with E-state index in [4.69, 9.17) is 0 Å². The topological polar surface area (TPSA) is 20.2 Å². The molecule has 3 saturated carbocycles. The lowest BCUT2D eigenvalue weighted by molar-refractivity contribution is 0.0585. The summed E-state index contributed by atoms with van der Waals surface area (Å²) in [6.07, 6.45) is 14.9. The highest BCUT2D eigenvalue weighted by atomic mass is 16.3. The number of hydrogen-bond acceptors (Lipinski definition) is 1. The normalized spacial score (nSPS) is 50.6. The van der Waals surface area contributed by atoms with Crippen LogP contribution in [0.5, 0.6) is 0 Å². The molecule has 0 heterocycles. The van der Waals surface area contributed by atoms with Crippen LogP contribution in [0.25, 0.3) is 0 Å². The van der Waals surface area contributed by atoms with Gasteiger partial charge >= 0.3 is 0 Å². The molecule has 0 radical (unpaired) electrons. The van der Waals surface area contributed by atoms with Gasteiger partial charge in [-0.3, -0.25) is 0 Å². The average molecular weight is 272 g/mol. The second-order valence-electron chi connectivity index (χ2n) is 8.36. The zero-order valence-corrected chi connectivity index (χ0v) is 13.0. The zero-order valence-electron chi connectivity index (χ0n) is 13.0. The number of allylic oxidation sites excluding steroid dienone is 3. The minimum absolute atomic E-state index is 0.0930. The molecule has 3 fully saturated rings. The van der Waals surface area contributed by atoms with Crippen LogP contribution in [0, 0.1) is 22.7 Å². The van der Waals surface area contributed by atoms with Crippen LogP contribution in [0.3, 0.4) is 0 Å². The van der Waals surface area contributed by atoms with E-state index in [0.29, 0.717) is 10.8 Å². The first-order valence-corrected chi connectivity index (χ1v) is 8.62. The molecule has 0 spiro atoms. The number of fused-ring (bicyclic) bond motifs is 5. The molecule has 1 N–H and O–H groups in total. The first-order valence-electron chi connectivity index (χ1n) is 8.62. The first-order chi connectivity index (χ1) is 9.53. The van der Waals surface area contributed by atoms with Gasteiger partial charge in [-0.15, -0.1) is 0 Å². The molecule has 0 aromatic rings. The number of rotatable bonds is 0. The van der Waals surface area contributed by atoms with Crippen molar-refractivity contribution >= 4 is 0 Å². The summed E-state index contributed by atoms with van der Waals surface area (Å²) >= 11 is 0. The van der Waals surface area contributed by atoms with E-state index in [2.05, 4.69) is 26.0 Å². The summed E-state index contributed by atoms with van der Waals surface area (Å²) in [5, 5.41) is 9.99. The van der Waals surface area contributed by atoms with E-state index in [9.17, 15) is 5.11 Å². The van der Waals surface area contributed by atoms with E-state index in [1.54, 1.807) is 5.57 Å². The second kappa shape index (κ2) is 4.22. The minimum atomic E-state index is -0.0930. The van der Waals surface area contributed by atoms with E-state index < -0.39 is 0 Å². The fraction of sp³-hybridized carbons (Fsp3) is 0.789. The fourth-order valence-corrected chi connectivity index (χ4v) is 5.97. The van der Waals surface area contributed by atoms with Crippen molar-refractivity contribution in [1.29, 1.82) is 0 Å². The van der Waals surface area contributed by atoms with Crippen LogP contribution >= 0.6 is 0 Å². The number of hydrogen-bond donors (Lipinski definition) is 1. The second-order valence-corrected chi connectivity index (χ2v) is 8.36. The van der Waals surface area contributed by atoms with Gasteiger partial charge in [0.2, 0.25) is 0 Å². The van der Waals surface area contributed by atoms with Crippen LogP contribution in [0.15, 0.2) is 23.3 Å². The van der Waals surface area contributed by atoms with Crippen molar-refractivity contribution in [3.63, 3.8) is 0 Å². The van der Waals surface area contributed by atoms with Crippen molar-refractivity contribution < 1.29 is 5.11 Å². The molecular weight excluding hydrogens is 244 g/mol. The summed E-state index contributed by atoms with van der Waals surface area (Å²) in [7, 11) is 0. The van der Waals surface area contributed by atoms with Gasteiger partial charge in [-0.2, -0.15) is 0 Å². The van der Waals surface area contributed by atoms with Crippen LogP contribution in [0.4, 0.5) is 0 Å². The van der Waals surface area contributed by atoms with Crippen LogP contribution < -0.4 is 0 Å². The predicted octanol–water partition coefficient (Wildman–Crippen LogP) is 4.62. The van der Waals surface area contributed by atoms with Gasteiger partial charge in [-0.05, 0) is 67.6 Å². The highest BCUT2D eigenvalue weighted by Crippen LogP contribution is 2.63. The molecule has 0 unspecified atom stereocenters. The van der Waals surface area contributed by atoms with E-state index in [-0.39, 0.29) is 6.10 Å². The molecule has 4 aliphatic rings. The first kappa shape index (κ1) is 13.1. The maximum Gasteiger partial charge on any atom is 0.0578 e. The third-order valence-electron chi connectivity index (χ3n) is 7.32. The van der Waals surface area contributed by atoms with Crippen LogP contribution in [-0.4, -0.2) is 11.2 Å². The van der Waals surface area contributed by atoms with Crippen LogP contribution in [-0.2, 0) is 0 Å². The van der Waals surface area contributed by atoms with Crippen molar-refractivity contribution in [3.05, 3.63) is 23.3 Å². The third-order valence-corrected chi connectivity index (χ3v) is 7.32. The summed E-state index contributed by atoms with van der Waals surface area (Å²) in [6.45, 7) is 5.02. The lowest BCUT2D eigenvalue weighted by Crippen LogP contribution is -2.44. The maximum atomic E-state index is 9.99. The molecule has 4 rings (SSSR count). The van der Waals surface area contributed by atoms with Gasteiger partial charge in [-0.25, -0.2) is 0 Å². The minimum Gasteiger partial charge on any atom is -0.393 e. The number of aliphatic hydroxyl groups excluding tert-OH is 1. The van der Waals surface area contributed by atoms with Gasteiger partial charge in [0.15, 0.2) is 0 Å². The fourth-order valence-electron chi connectivity index (χ4n) is 5.97. The van der Waals surface area contributed by atoms with Crippen molar-refractivity contribution in [2.75, 3.05) is 0 Å². The van der Waals surface area contributed by atoms with E-state index >= 15 is 0 Å². The Hall–Kier alpha value is -0.560. The summed E-state index contributed by atoms with van der Waals surface area (Å²) in [5.41, 5.74) is 4.26. The van der Waals surface area contributed by atoms with Gasteiger partial charge < -0.3 is 5.11 Å². The predicted molar refractivity (Wildman–Crippen MR) is 82.3 cm³/mol. The molecular formula is C19H28O. The lowest BCUT2D eigenvalue weighted by Gasteiger charge is -2.53. The van der Waals surface area contributed by atoms with Crippen molar-refractivity contribution in [1.82, 2.24) is 0 Å². The van der Waals surface area contributed by atoms with Crippen LogP contribution in [0.2, 0.25) is 0 Å².